The lowest BCUT2D eigenvalue weighted by Crippen LogP contribution is -2.30. The van der Waals surface area contributed by atoms with Crippen molar-refractivity contribution in [3.63, 3.8) is 0 Å². The summed E-state index contributed by atoms with van der Waals surface area (Å²) in [4.78, 5) is 3.78. The van der Waals surface area contributed by atoms with E-state index in [4.69, 9.17) is 9.52 Å². The van der Waals surface area contributed by atoms with Crippen molar-refractivity contribution >= 4 is 0 Å². The van der Waals surface area contributed by atoms with Gasteiger partial charge in [0.25, 0.3) is 0 Å². The van der Waals surface area contributed by atoms with Crippen molar-refractivity contribution in [3.05, 3.63) is 18.4 Å². The van der Waals surface area contributed by atoms with Crippen LogP contribution in [0.2, 0.25) is 0 Å². The van der Waals surface area contributed by atoms with Crippen LogP contribution < -0.4 is 5.32 Å². The third-order valence-corrected chi connectivity index (χ3v) is 1.76. The molecule has 0 aliphatic rings. The van der Waals surface area contributed by atoms with Crippen molar-refractivity contribution in [1.29, 1.82) is 0 Å². The lowest BCUT2D eigenvalue weighted by atomic mass is 10.2. The number of hydrogen-bond donors (Lipinski definition) is 2. The van der Waals surface area contributed by atoms with Crippen molar-refractivity contribution in [2.24, 2.45) is 0 Å². The zero-order valence-electron chi connectivity index (χ0n) is 7.16. The van der Waals surface area contributed by atoms with E-state index in [0.29, 0.717) is 6.54 Å². The molecule has 0 saturated heterocycles. The van der Waals surface area contributed by atoms with Crippen LogP contribution in [0.5, 0.6) is 0 Å². The number of rotatable bonds is 5. The van der Waals surface area contributed by atoms with Crippen molar-refractivity contribution < 1.29 is 9.52 Å². The van der Waals surface area contributed by atoms with E-state index in [-0.39, 0.29) is 12.6 Å². The lowest BCUT2D eigenvalue weighted by molar-refractivity contribution is 0.235. The maximum Gasteiger partial charge on any atom is 0.180 e. The Bertz CT molecular complexity index is 195. The molecule has 1 rings (SSSR count). The third kappa shape index (κ3) is 2.64. The van der Waals surface area contributed by atoms with Gasteiger partial charge >= 0.3 is 0 Å². The third-order valence-electron chi connectivity index (χ3n) is 1.76. The topological polar surface area (TPSA) is 58.3 Å². The van der Waals surface area contributed by atoms with Crippen molar-refractivity contribution in [1.82, 2.24) is 10.3 Å². The van der Waals surface area contributed by atoms with Crippen LogP contribution >= 0.6 is 0 Å². The first kappa shape index (κ1) is 9.22. The van der Waals surface area contributed by atoms with Gasteiger partial charge in [-0.25, -0.2) is 4.98 Å². The maximum atomic E-state index is 8.85. The summed E-state index contributed by atoms with van der Waals surface area (Å²) in [6, 6.07) is 0.148. The van der Waals surface area contributed by atoms with Gasteiger partial charge in [-0.2, -0.15) is 0 Å². The molecule has 0 fully saturated rings. The monoisotopic (exact) mass is 170 g/mol. The van der Waals surface area contributed by atoms with Gasteiger partial charge in [0.15, 0.2) is 6.39 Å². The van der Waals surface area contributed by atoms with E-state index in [1.54, 1.807) is 6.20 Å². The van der Waals surface area contributed by atoms with Crippen LogP contribution in [0.25, 0.3) is 0 Å². The molecule has 4 heteroatoms. The van der Waals surface area contributed by atoms with Crippen molar-refractivity contribution in [2.45, 2.75) is 25.9 Å². The van der Waals surface area contributed by atoms with Gasteiger partial charge in [-0.05, 0) is 6.42 Å². The summed E-state index contributed by atoms with van der Waals surface area (Å²) in [5.74, 6) is 0.793. The second-order valence-electron chi connectivity index (χ2n) is 2.64. The second-order valence-corrected chi connectivity index (χ2v) is 2.64. The molecule has 2 N–H and O–H groups in total. The van der Waals surface area contributed by atoms with Crippen LogP contribution in [0, 0.1) is 0 Å². The highest BCUT2D eigenvalue weighted by molar-refractivity contribution is 4.87. The summed E-state index contributed by atoms with van der Waals surface area (Å²) < 4.78 is 5.02. The molecule has 0 unspecified atom stereocenters. The summed E-state index contributed by atoms with van der Waals surface area (Å²) >= 11 is 0. The minimum absolute atomic E-state index is 0.148. The quantitative estimate of drug-likeness (QED) is 0.677. The van der Waals surface area contributed by atoms with E-state index in [2.05, 4.69) is 10.3 Å². The Balaban J connectivity index is 2.25. The van der Waals surface area contributed by atoms with Gasteiger partial charge in [0.2, 0.25) is 0 Å². The first-order valence-corrected chi connectivity index (χ1v) is 4.08. The molecule has 0 aromatic carbocycles. The summed E-state index contributed by atoms with van der Waals surface area (Å²) in [6.07, 6.45) is 3.97. The molecule has 1 aromatic heterocycles. The highest BCUT2D eigenvalue weighted by Gasteiger charge is 2.03. The average molecular weight is 170 g/mol. The molecule has 0 amide bonds. The van der Waals surface area contributed by atoms with Gasteiger partial charge in [-0.3, -0.25) is 0 Å². The van der Waals surface area contributed by atoms with E-state index >= 15 is 0 Å². The molecule has 0 spiro atoms. The summed E-state index contributed by atoms with van der Waals surface area (Å²) in [5, 5.41) is 12.0. The van der Waals surface area contributed by atoms with Crippen LogP contribution in [-0.2, 0) is 6.54 Å². The Morgan fingerprint density at radius 2 is 2.58 bits per heavy atom. The van der Waals surface area contributed by atoms with E-state index in [0.717, 1.165) is 12.2 Å². The number of aromatic nitrogens is 1. The van der Waals surface area contributed by atoms with E-state index in [1.807, 2.05) is 6.92 Å². The van der Waals surface area contributed by atoms with Gasteiger partial charge in [0, 0.05) is 6.04 Å². The van der Waals surface area contributed by atoms with Crippen LogP contribution in [0.3, 0.4) is 0 Å². The normalized spacial score (nSPS) is 13.2. The number of nitrogens with one attached hydrogen (secondary N) is 1. The Morgan fingerprint density at radius 3 is 3.08 bits per heavy atom. The van der Waals surface area contributed by atoms with Gasteiger partial charge in [-0.1, -0.05) is 6.92 Å². The minimum atomic E-state index is 0.148. The summed E-state index contributed by atoms with van der Waals surface area (Å²) in [6.45, 7) is 2.80. The number of hydrogen-bond acceptors (Lipinski definition) is 4. The fraction of sp³-hybridized carbons (Fsp3) is 0.625. The molecule has 0 aliphatic heterocycles. The molecule has 1 heterocycles. The van der Waals surface area contributed by atoms with Crippen LogP contribution in [0.15, 0.2) is 17.0 Å². The highest BCUT2D eigenvalue weighted by atomic mass is 16.3. The molecule has 0 radical (unpaired) electrons. The fourth-order valence-electron chi connectivity index (χ4n) is 0.912. The zero-order valence-corrected chi connectivity index (χ0v) is 7.16. The summed E-state index contributed by atoms with van der Waals surface area (Å²) in [7, 11) is 0. The second kappa shape index (κ2) is 4.90. The van der Waals surface area contributed by atoms with Crippen LogP contribution in [0.1, 0.15) is 19.1 Å². The number of aliphatic hydroxyl groups is 1. The summed E-state index contributed by atoms with van der Waals surface area (Å²) in [5.41, 5.74) is 0. The van der Waals surface area contributed by atoms with Gasteiger partial charge in [0.05, 0.1) is 19.3 Å². The largest absolute Gasteiger partial charge is 0.447 e. The van der Waals surface area contributed by atoms with Crippen molar-refractivity contribution in [3.8, 4) is 0 Å². The molecular formula is C8H14N2O2. The Kier molecular flexibility index (Phi) is 3.76. The molecule has 0 bridgehead atoms. The standard InChI is InChI=1S/C8H14N2O2/c1-2-7(5-11)10-4-8-3-9-6-12-8/h3,6-7,10-11H,2,4-5H2,1H3/t7-/m0/s1. The Hall–Kier alpha value is -0.870. The molecule has 0 saturated carbocycles. The molecule has 4 nitrogen and oxygen atoms in total. The van der Waals surface area contributed by atoms with Gasteiger partial charge < -0.3 is 14.8 Å². The molecule has 12 heavy (non-hydrogen) atoms. The highest BCUT2D eigenvalue weighted by Crippen LogP contribution is 1.97. The Morgan fingerprint density at radius 1 is 1.75 bits per heavy atom. The van der Waals surface area contributed by atoms with Crippen LogP contribution in [0.4, 0.5) is 0 Å². The maximum absolute atomic E-state index is 8.85. The predicted molar refractivity (Wildman–Crippen MR) is 44.5 cm³/mol. The molecule has 0 aliphatic carbocycles. The number of nitrogens with zero attached hydrogens (tertiary/aromatic N) is 1. The first-order chi connectivity index (χ1) is 5.86. The number of oxazole rings is 1. The minimum Gasteiger partial charge on any atom is -0.447 e. The fourth-order valence-corrected chi connectivity index (χ4v) is 0.912. The first-order valence-electron chi connectivity index (χ1n) is 4.08. The van der Waals surface area contributed by atoms with E-state index in [9.17, 15) is 0 Å². The number of aliphatic hydroxyl groups excluding tert-OH is 1. The molecule has 1 atom stereocenters. The van der Waals surface area contributed by atoms with Crippen molar-refractivity contribution in [2.75, 3.05) is 6.61 Å². The SMILES string of the molecule is CC[C@@H](CO)NCc1cnco1. The zero-order chi connectivity index (χ0) is 8.81. The average Bonchev–Trinajstić information content (AvgIpc) is 2.59. The van der Waals surface area contributed by atoms with E-state index < -0.39 is 0 Å². The molecule has 68 valence electrons. The smallest absolute Gasteiger partial charge is 0.180 e. The molecule has 1 aromatic rings. The van der Waals surface area contributed by atoms with Gasteiger partial charge in [-0.15, -0.1) is 0 Å². The van der Waals surface area contributed by atoms with E-state index in [1.165, 1.54) is 6.39 Å². The Labute approximate surface area is 71.6 Å². The van der Waals surface area contributed by atoms with Crippen LogP contribution in [-0.4, -0.2) is 22.7 Å². The predicted octanol–water partition coefficient (Wildman–Crippen LogP) is 0.535. The lowest BCUT2D eigenvalue weighted by Gasteiger charge is -2.11. The van der Waals surface area contributed by atoms with Gasteiger partial charge in [0.1, 0.15) is 5.76 Å². The molecular weight excluding hydrogens is 156 g/mol.